The van der Waals surface area contributed by atoms with Crippen LogP contribution in [0.2, 0.25) is 5.02 Å². The largest absolute Gasteiger partial charge is 0.497 e. The van der Waals surface area contributed by atoms with Crippen LogP contribution in [0.15, 0.2) is 77.3 Å². The van der Waals surface area contributed by atoms with Crippen LogP contribution in [0.25, 0.3) is 0 Å². The molecule has 3 rings (SSSR count). The van der Waals surface area contributed by atoms with Gasteiger partial charge in [-0.05, 0) is 55.3 Å². The van der Waals surface area contributed by atoms with Crippen molar-refractivity contribution in [3.8, 4) is 11.5 Å². The van der Waals surface area contributed by atoms with Crippen molar-refractivity contribution in [1.82, 2.24) is 10.2 Å². The van der Waals surface area contributed by atoms with Gasteiger partial charge in [-0.1, -0.05) is 70.0 Å². The van der Waals surface area contributed by atoms with Crippen LogP contribution in [0.5, 0.6) is 11.5 Å². The van der Waals surface area contributed by atoms with E-state index in [0.717, 1.165) is 15.6 Å². The lowest BCUT2D eigenvalue weighted by molar-refractivity contribution is -0.143. The number of nitrogens with one attached hydrogen (secondary N) is 1. The van der Waals surface area contributed by atoms with Crippen molar-refractivity contribution >= 4 is 39.3 Å². The lowest BCUT2D eigenvalue weighted by Gasteiger charge is -2.32. The molecular formula is C28H30BrClN2O4. The van der Waals surface area contributed by atoms with Gasteiger partial charge in [0.05, 0.1) is 12.1 Å². The second-order valence-electron chi connectivity index (χ2n) is 8.61. The molecular weight excluding hydrogens is 544 g/mol. The molecule has 36 heavy (non-hydrogen) atoms. The fraction of sp³-hybridized carbons (Fsp3) is 0.286. The van der Waals surface area contributed by atoms with Crippen molar-refractivity contribution in [2.45, 2.75) is 38.9 Å². The summed E-state index contributed by atoms with van der Waals surface area (Å²) < 4.78 is 11.9. The lowest BCUT2D eigenvalue weighted by atomic mass is 10.0. The molecule has 0 heterocycles. The maximum atomic E-state index is 13.6. The number of hydrogen-bond donors (Lipinski definition) is 1. The Kier molecular flexibility index (Phi) is 10.2. The Morgan fingerprint density at radius 2 is 1.72 bits per heavy atom. The van der Waals surface area contributed by atoms with E-state index >= 15 is 0 Å². The van der Waals surface area contributed by atoms with Gasteiger partial charge in [-0.15, -0.1) is 0 Å². The third-order valence-electron chi connectivity index (χ3n) is 5.43. The third-order valence-corrected chi connectivity index (χ3v) is 6.22. The van der Waals surface area contributed by atoms with Crippen molar-refractivity contribution in [2.75, 3.05) is 13.7 Å². The van der Waals surface area contributed by atoms with Gasteiger partial charge in [-0.2, -0.15) is 0 Å². The Morgan fingerprint density at radius 3 is 2.39 bits per heavy atom. The van der Waals surface area contributed by atoms with E-state index in [-0.39, 0.29) is 31.0 Å². The average Bonchev–Trinajstić information content (AvgIpc) is 2.85. The molecule has 3 aromatic rings. The maximum Gasteiger partial charge on any atom is 0.261 e. The first kappa shape index (κ1) is 27.6. The fourth-order valence-corrected chi connectivity index (χ4v) is 4.44. The number of nitrogens with zero attached hydrogens (tertiary/aromatic N) is 1. The van der Waals surface area contributed by atoms with Gasteiger partial charge in [0.25, 0.3) is 5.91 Å². The highest BCUT2D eigenvalue weighted by Crippen LogP contribution is 2.28. The maximum absolute atomic E-state index is 13.6. The van der Waals surface area contributed by atoms with E-state index in [1.165, 1.54) is 0 Å². The standard InChI is InChI=1S/C28H30BrClN2O4/c1-19(2)31-28(34)25(15-20-8-5-4-6-9-20)32(17-21-10-7-11-23(14-21)35-3)27(33)18-36-26-13-12-22(29)16-24(26)30/h4-14,16,19,25H,15,17-18H2,1-3H3,(H,31,34). The summed E-state index contributed by atoms with van der Waals surface area (Å²) in [6.45, 7) is 3.72. The number of methoxy groups -OCH3 is 1. The van der Waals surface area contributed by atoms with Crippen molar-refractivity contribution in [1.29, 1.82) is 0 Å². The van der Waals surface area contributed by atoms with Crippen molar-refractivity contribution in [2.24, 2.45) is 0 Å². The molecule has 0 aromatic heterocycles. The number of benzene rings is 3. The van der Waals surface area contributed by atoms with Gasteiger partial charge < -0.3 is 19.7 Å². The van der Waals surface area contributed by atoms with Gasteiger partial charge in [0.1, 0.15) is 17.5 Å². The molecule has 0 aliphatic carbocycles. The van der Waals surface area contributed by atoms with Gasteiger partial charge in [0.2, 0.25) is 5.91 Å². The second kappa shape index (κ2) is 13.3. The molecule has 2 amide bonds. The minimum atomic E-state index is -0.752. The smallest absolute Gasteiger partial charge is 0.261 e. The van der Waals surface area contributed by atoms with E-state index in [2.05, 4.69) is 21.2 Å². The summed E-state index contributed by atoms with van der Waals surface area (Å²) in [5.74, 6) is 0.494. The molecule has 0 saturated heterocycles. The molecule has 190 valence electrons. The van der Waals surface area contributed by atoms with E-state index in [4.69, 9.17) is 21.1 Å². The monoisotopic (exact) mass is 572 g/mol. The highest BCUT2D eigenvalue weighted by molar-refractivity contribution is 9.10. The Balaban J connectivity index is 1.93. The number of carbonyl (C=O) groups is 2. The predicted octanol–water partition coefficient (Wildman–Crippen LogP) is 5.65. The van der Waals surface area contributed by atoms with Gasteiger partial charge in [-0.3, -0.25) is 9.59 Å². The molecule has 1 N–H and O–H groups in total. The normalized spacial score (nSPS) is 11.6. The molecule has 8 heteroatoms. The zero-order valence-corrected chi connectivity index (χ0v) is 22.9. The van der Waals surface area contributed by atoms with Gasteiger partial charge in [0.15, 0.2) is 6.61 Å². The number of halogens is 2. The molecule has 0 saturated carbocycles. The minimum Gasteiger partial charge on any atom is -0.497 e. The SMILES string of the molecule is COc1cccc(CN(C(=O)COc2ccc(Br)cc2Cl)C(Cc2ccccc2)C(=O)NC(C)C)c1. The molecule has 6 nitrogen and oxygen atoms in total. The van der Waals surface area contributed by atoms with Crippen LogP contribution >= 0.6 is 27.5 Å². The second-order valence-corrected chi connectivity index (χ2v) is 9.93. The molecule has 1 atom stereocenters. The van der Waals surface area contributed by atoms with Crippen LogP contribution in [0.4, 0.5) is 0 Å². The van der Waals surface area contributed by atoms with E-state index in [0.29, 0.717) is 22.9 Å². The average molecular weight is 574 g/mol. The number of ether oxygens (including phenoxy) is 2. The fourth-order valence-electron chi connectivity index (χ4n) is 3.72. The summed E-state index contributed by atoms with van der Waals surface area (Å²) in [4.78, 5) is 28.6. The first-order valence-electron chi connectivity index (χ1n) is 11.6. The molecule has 3 aromatic carbocycles. The Hall–Kier alpha value is -3.03. The van der Waals surface area contributed by atoms with Crippen LogP contribution in [-0.2, 0) is 22.6 Å². The van der Waals surface area contributed by atoms with E-state index in [1.807, 2.05) is 68.4 Å². The Morgan fingerprint density at radius 1 is 1.00 bits per heavy atom. The van der Waals surface area contributed by atoms with Crippen molar-refractivity contribution in [3.05, 3.63) is 93.4 Å². The highest BCUT2D eigenvalue weighted by Gasteiger charge is 2.31. The topological polar surface area (TPSA) is 67.9 Å². The van der Waals surface area contributed by atoms with Crippen LogP contribution in [0, 0.1) is 0 Å². The van der Waals surface area contributed by atoms with Crippen LogP contribution < -0.4 is 14.8 Å². The van der Waals surface area contributed by atoms with Crippen LogP contribution in [-0.4, -0.2) is 42.5 Å². The molecule has 0 fully saturated rings. The molecule has 0 bridgehead atoms. The van der Waals surface area contributed by atoms with Crippen LogP contribution in [0.1, 0.15) is 25.0 Å². The summed E-state index contributed by atoms with van der Waals surface area (Å²) in [6.07, 6.45) is 0.355. The van der Waals surface area contributed by atoms with Crippen LogP contribution in [0.3, 0.4) is 0 Å². The summed E-state index contributed by atoms with van der Waals surface area (Å²) in [7, 11) is 1.59. The van der Waals surface area contributed by atoms with E-state index < -0.39 is 6.04 Å². The van der Waals surface area contributed by atoms with Crippen molar-refractivity contribution < 1.29 is 19.1 Å². The summed E-state index contributed by atoms with van der Waals surface area (Å²) in [6, 6.07) is 21.4. The molecule has 0 aliphatic heterocycles. The number of carbonyl (C=O) groups excluding carboxylic acids is 2. The van der Waals surface area contributed by atoms with E-state index in [9.17, 15) is 9.59 Å². The van der Waals surface area contributed by atoms with Crippen molar-refractivity contribution in [3.63, 3.8) is 0 Å². The Labute approximate surface area is 225 Å². The zero-order chi connectivity index (χ0) is 26.1. The number of rotatable bonds is 11. The third kappa shape index (κ3) is 8.00. The number of hydrogen-bond acceptors (Lipinski definition) is 4. The first-order valence-corrected chi connectivity index (χ1v) is 12.8. The van der Waals surface area contributed by atoms with E-state index in [1.54, 1.807) is 30.2 Å². The Bertz CT molecular complexity index is 1170. The molecule has 0 aliphatic rings. The lowest BCUT2D eigenvalue weighted by Crippen LogP contribution is -2.52. The minimum absolute atomic E-state index is 0.0811. The number of amides is 2. The van der Waals surface area contributed by atoms with Gasteiger partial charge in [-0.25, -0.2) is 0 Å². The van der Waals surface area contributed by atoms with Gasteiger partial charge in [0, 0.05) is 23.5 Å². The summed E-state index contributed by atoms with van der Waals surface area (Å²) in [5.41, 5.74) is 1.78. The molecule has 0 spiro atoms. The first-order chi connectivity index (χ1) is 17.3. The predicted molar refractivity (Wildman–Crippen MR) is 145 cm³/mol. The summed E-state index contributed by atoms with van der Waals surface area (Å²) in [5, 5.41) is 3.36. The summed E-state index contributed by atoms with van der Waals surface area (Å²) >= 11 is 9.64. The zero-order valence-electron chi connectivity index (χ0n) is 20.5. The highest BCUT2D eigenvalue weighted by atomic mass is 79.9. The quantitative estimate of drug-likeness (QED) is 0.322. The van der Waals surface area contributed by atoms with Gasteiger partial charge >= 0.3 is 0 Å². The molecule has 1 unspecified atom stereocenters. The molecule has 0 radical (unpaired) electrons.